The third kappa shape index (κ3) is 4.06. The van der Waals surface area contributed by atoms with Gasteiger partial charge in [-0.05, 0) is 66.4 Å². The summed E-state index contributed by atoms with van der Waals surface area (Å²) in [6.07, 6.45) is 3.30. The molecule has 0 atom stereocenters. The molecule has 20 heavy (non-hydrogen) atoms. The highest BCUT2D eigenvalue weighted by molar-refractivity contribution is 9.10. The summed E-state index contributed by atoms with van der Waals surface area (Å²) in [4.78, 5) is 14.8. The van der Waals surface area contributed by atoms with Crippen LogP contribution in [0.4, 0.5) is 0 Å². The van der Waals surface area contributed by atoms with Crippen LogP contribution < -0.4 is 5.32 Å². The number of piperidine rings is 1. The normalized spacial score (nSPS) is 17.1. The van der Waals surface area contributed by atoms with Crippen molar-refractivity contribution in [2.24, 2.45) is 0 Å². The van der Waals surface area contributed by atoms with Gasteiger partial charge in [-0.3, -0.25) is 4.79 Å². The number of carbonyl (C=O) groups excluding carboxylic acids is 1. The van der Waals surface area contributed by atoms with E-state index in [0.29, 0.717) is 6.04 Å². The molecule has 1 saturated heterocycles. The van der Waals surface area contributed by atoms with E-state index >= 15 is 0 Å². The van der Waals surface area contributed by atoms with E-state index in [9.17, 15) is 4.79 Å². The van der Waals surface area contributed by atoms with Crippen LogP contribution in [-0.4, -0.2) is 36.5 Å². The lowest BCUT2D eigenvalue weighted by Gasteiger charge is -2.32. The monoisotopic (exact) mass is 338 g/mol. The Morgan fingerprint density at radius 3 is 2.70 bits per heavy atom. The lowest BCUT2D eigenvalue weighted by Crippen LogP contribution is -2.44. The summed E-state index contributed by atoms with van der Waals surface area (Å²) in [5.41, 5.74) is 1.88. The predicted molar refractivity (Wildman–Crippen MR) is 86.1 cm³/mol. The van der Waals surface area contributed by atoms with Gasteiger partial charge in [0.1, 0.15) is 0 Å². The molecule has 1 aromatic rings. The van der Waals surface area contributed by atoms with Gasteiger partial charge in [-0.15, -0.1) is 0 Å². The molecule has 1 heterocycles. The molecule has 0 spiro atoms. The molecule has 110 valence electrons. The van der Waals surface area contributed by atoms with Crippen molar-refractivity contribution in [3.8, 4) is 0 Å². The van der Waals surface area contributed by atoms with E-state index in [4.69, 9.17) is 0 Å². The topological polar surface area (TPSA) is 32.3 Å². The fourth-order valence-corrected chi connectivity index (χ4v) is 3.36. The Bertz CT molecular complexity index is 468. The van der Waals surface area contributed by atoms with Gasteiger partial charge < -0.3 is 10.2 Å². The Labute approximate surface area is 129 Å². The van der Waals surface area contributed by atoms with Crippen LogP contribution in [0.15, 0.2) is 22.7 Å². The van der Waals surface area contributed by atoms with Gasteiger partial charge in [-0.1, -0.05) is 13.0 Å². The van der Waals surface area contributed by atoms with Crippen molar-refractivity contribution in [2.75, 3.05) is 19.6 Å². The van der Waals surface area contributed by atoms with Crippen LogP contribution in [0.3, 0.4) is 0 Å². The van der Waals surface area contributed by atoms with Gasteiger partial charge in [-0.2, -0.15) is 0 Å². The number of nitrogens with one attached hydrogen (secondary N) is 1. The number of rotatable bonds is 4. The van der Waals surface area contributed by atoms with E-state index in [-0.39, 0.29) is 5.91 Å². The summed E-state index contributed by atoms with van der Waals surface area (Å²) in [6, 6.07) is 6.16. The van der Waals surface area contributed by atoms with Gasteiger partial charge in [0.2, 0.25) is 0 Å². The van der Waals surface area contributed by atoms with E-state index in [2.05, 4.69) is 33.1 Å². The summed E-state index contributed by atoms with van der Waals surface area (Å²) in [5, 5.41) is 3.16. The number of aryl methyl sites for hydroxylation is 1. The van der Waals surface area contributed by atoms with Gasteiger partial charge >= 0.3 is 0 Å². The first-order valence-electron chi connectivity index (χ1n) is 7.39. The second-order valence-electron chi connectivity index (χ2n) is 5.57. The highest BCUT2D eigenvalue weighted by atomic mass is 79.9. The van der Waals surface area contributed by atoms with Gasteiger partial charge in [0.25, 0.3) is 5.91 Å². The maximum absolute atomic E-state index is 12.3. The fourth-order valence-electron chi connectivity index (χ4n) is 2.68. The molecule has 0 unspecified atom stereocenters. The number of carbonyl (C=O) groups is 1. The van der Waals surface area contributed by atoms with Gasteiger partial charge in [-0.25, -0.2) is 0 Å². The molecule has 1 aliphatic heterocycles. The van der Waals surface area contributed by atoms with E-state index < -0.39 is 0 Å². The molecule has 0 saturated carbocycles. The SMILES string of the molecule is CCCN1CCC(NC(=O)c2ccc(C)cc2Br)CC1. The molecule has 1 aliphatic rings. The molecular weight excluding hydrogens is 316 g/mol. The number of benzene rings is 1. The molecule has 1 N–H and O–H groups in total. The predicted octanol–water partition coefficient (Wildman–Crippen LogP) is 3.36. The maximum atomic E-state index is 12.3. The van der Waals surface area contributed by atoms with Gasteiger partial charge in [0, 0.05) is 23.6 Å². The molecular formula is C16H23BrN2O. The van der Waals surface area contributed by atoms with Crippen LogP contribution in [0.2, 0.25) is 0 Å². The van der Waals surface area contributed by atoms with Crippen LogP contribution in [-0.2, 0) is 0 Å². The summed E-state index contributed by atoms with van der Waals surface area (Å²) in [6.45, 7) is 7.59. The number of hydrogen-bond acceptors (Lipinski definition) is 2. The van der Waals surface area contributed by atoms with Crippen molar-refractivity contribution < 1.29 is 4.79 Å². The summed E-state index contributed by atoms with van der Waals surface area (Å²) in [7, 11) is 0. The van der Waals surface area contributed by atoms with Gasteiger partial charge in [0.15, 0.2) is 0 Å². The van der Waals surface area contributed by atoms with Crippen LogP contribution in [0.1, 0.15) is 42.1 Å². The molecule has 0 aliphatic carbocycles. The standard InChI is InChI=1S/C16H23BrN2O/c1-3-8-19-9-6-13(7-10-19)18-16(20)14-5-4-12(2)11-15(14)17/h4-5,11,13H,3,6-10H2,1-2H3,(H,18,20). The van der Waals surface area contributed by atoms with E-state index in [0.717, 1.165) is 41.5 Å². The molecule has 0 aromatic heterocycles. The average molecular weight is 339 g/mol. The zero-order valence-electron chi connectivity index (χ0n) is 12.3. The maximum Gasteiger partial charge on any atom is 0.252 e. The van der Waals surface area contributed by atoms with E-state index in [1.807, 2.05) is 25.1 Å². The third-order valence-corrected chi connectivity index (χ3v) is 4.49. The van der Waals surface area contributed by atoms with Crippen LogP contribution >= 0.6 is 15.9 Å². The van der Waals surface area contributed by atoms with Crippen molar-refractivity contribution in [3.05, 3.63) is 33.8 Å². The molecule has 1 amide bonds. The molecule has 1 aromatic carbocycles. The van der Waals surface area contributed by atoms with E-state index in [1.165, 1.54) is 13.0 Å². The van der Waals surface area contributed by atoms with Crippen LogP contribution in [0.25, 0.3) is 0 Å². The van der Waals surface area contributed by atoms with Crippen LogP contribution in [0, 0.1) is 6.92 Å². The first-order valence-corrected chi connectivity index (χ1v) is 8.19. The van der Waals surface area contributed by atoms with Crippen molar-refractivity contribution in [1.29, 1.82) is 0 Å². The Balaban J connectivity index is 1.89. The third-order valence-electron chi connectivity index (χ3n) is 3.83. The zero-order chi connectivity index (χ0) is 14.5. The first-order chi connectivity index (χ1) is 9.60. The lowest BCUT2D eigenvalue weighted by molar-refractivity contribution is 0.0910. The molecule has 2 rings (SSSR count). The minimum atomic E-state index is 0.0332. The minimum Gasteiger partial charge on any atom is -0.349 e. The summed E-state index contributed by atoms with van der Waals surface area (Å²) >= 11 is 3.47. The minimum absolute atomic E-state index is 0.0332. The summed E-state index contributed by atoms with van der Waals surface area (Å²) < 4.78 is 0.874. The first kappa shape index (κ1) is 15.5. The highest BCUT2D eigenvalue weighted by Gasteiger charge is 2.21. The number of amides is 1. The van der Waals surface area contributed by atoms with Crippen molar-refractivity contribution in [3.63, 3.8) is 0 Å². The molecule has 3 nitrogen and oxygen atoms in total. The Morgan fingerprint density at radius 1 is 1.40 bits per heavy atom. The molecule has 0 radical (unpaired) electrons. The van der Waals surface area contributed by atoms with Crippen molar-refractivity contribution in [2.45, 2.75) is 39.2 Å². The number of nitrogens with zero attached hydrogens (tertiary/aromatic N) is 1. The largest absolute Gasteiger partial charge is 0.349 e. The van der Waals surface area contributed by atoms with Crippen LogP contribution in [0.5, 0.6) is 0 Å². The average Bonchev–Trinajstić information content (AvgIpc) is 2.41. The van der Waals surface area contributed by atoms with Crippen molar-refractivity contribution >= 4 is 21.8 Å². The molecule has 0 bridgehead atoms. The van der Waals surface area contributed by atoms with Gasteiger partial charge in [0.05, 0.1) is 5.56 Å². The molecule has 4 heteroatoms. The Morgan fingerprint density at radius 2 is 2.10 bits per heavy atom. The van der Waals surface area contributed by atoms with E-state index in [1.54, 1.807) is 0 Å². The zero-order valence-corrected chi connectivity index (χ0v) is 13.9. The highest BCUT2D eigenvalue weighted by Crippen LogP contribution is 2.19. The Hall–Kier alpha value is -0.870. The Kier molecular flexibility index (Phi) is 5.61. The fraction of sp³-hybridized carbons (Fsp3) is 0.562. The summed E-state index contributed by atoms with van der Waals surface area (Å²) in [5.74, 6) is 0.0332. The number of likely N-dealkylation sites (tertiary alicyclic amines) is 1. The second-order valence-corrected chi connectivity index (χ2v) is 6.43. The quantitative estimate of drug-likeness (QED) is 0.912. The number of hydrogen-bond donors (Lipinski definition) is 1. The molecule has 1 fully saturated rings. The lowest BCUT2D eigenvalue weighted by atomic mass is 10.0. The van der Waals surface area contributed by atoms with Crippen molar-refractivity contribution in [1.82, 2.24) is 10.2 Å². The second kappa shape index (κ2) is 7.23. The number of halogens is 1. The smallest absolute Gasteiger partial charge is 0.252 e.